The Kier molecular flexibility index (Phi) is 11.6. The molecule has 1 heteroatoms. The van der Waals surface area contributed by atoms with Gasteiger partial charge < -0.3 is 4.98 Å². The lowest BCUT2D eigenvalue weighted by atomic mass is 9.83. The van der Waals surface area contributed by atoms with Crippen LogP contribution in [-0.2, 0) is 6.42 Å². The lowest BCUT2D eigenvalue weighted by molar-refractivity contribution is 0.475. The minimum atomic E-state index is 0.780. The maximum atomic E-state index is 3.77. The predicted octanol–water partition coefficient (Wildman–Crippen LogP) is 10.2. The monoisotopic (exact) mass is 423 g/mol. The van der Waals surface area contributed by atoms with Gasteiger partial charge in [-0.3, -0.25) is 0 Å². The van der Waals surface area contributed by atoms with Crippen molar-refractivity contribution in [3.8, 4) is 0 Å². The Bertz CT molecular complexity index is 712. The second-order valence-corrected chi connectivity index (χ2v) is 10.2. The van der Waals surface area contributed by atoms with E-state index in [0.29, 0.717) is 0 Å². The van der Waals surface area contributed by atoms with Crippen molar-refractivity contribution in [2.24, 2.45) is 0 Å². The first-order valence-electron chi connectivity index (χ1n) is 14.0. The number of aryl methyl sites for hydroxylation is 1. The summed E-state index contributed by atoms with van der Waals surface area (Å²) in [5.74, 6) is 0.780. The van der Waals surface area contributed by atoms with E-state index in [-0.39, 0.29) is 0 Å². The van der Waals surface area contributed by atoms with Crippen molar-refractivity contribution in [2.45, 2.75) is 141 Å². The van der Waals surface area contributed by atoms with Gasteiger partial charge in [-0.05, 0) is 43.2 Å². The zero-order chi connectivity index (χ0) is 21.6. The van der Waals surface area contributed by atoms with Crippen LogP contribution in [0.3, 0.4) is 0 Å². The van der Waals surface area contributed by atoms with Gasteiger partial charge in [-0.2, -0.15) is 0 Å². The van der Waals surface area contributed by atoms with Gasteiger partial charge in [-0.1, -0.05) is 128 Å². The minimum Gasteiger partial charge on any atom is -0.358 e. The highest BCUT2D eigenvalue weighted by atomic mass is 14.7. The molecule has 3 rings (SSSR count). The summed E-state index contributed by atoms with van der Waals surface area (Å²) in [5.41, 5.74) is 4.56. The Morgan fingerprint density at radius 2 is 1.26 bits per heavy atom. The third-order valence-electron chi connectivity index (χ3n) is 7.64. The molecule has 1 aromatic heterocycles. The van der Waals surface area contributed by atoms with Gasteiger partial charge in [0.2, 0.25) is 0 Å². The molecule has 1 aliphatic carbocycles. The van der Waals surface area contributed by atoms with E-state index < -0.39 is 0 Å². The maximum absolute atomic E-state index is 3.77. The lowest BCUT2D eigenvalue weighted by Crippen LogP contribution is -2.09. The van der Waals surface area contributed by atoms with Crippen LogP contribution in [0.2, 0.25) is 0 Å². The number of unbranched alkanes of at least 4 members (excludes halogenated alkanes) is 15. The lowest BCUT2D eigenvalue weighted by Gasteiger charge is -2.22. The van der Waals surface area contributed by atoms with Gasteiger partial charge in [-0.15, -0.1) is 0 Å². The number of H-pyrrole nitrogens is 1. The first kappa shape index (κ1) is 24.4. The molecule has 0 saturated heterocycles. The van der Waals surface area contributed by atoms with E-state index in [2.05, 4.69) is 36.2 Å². The number of benzene rings is 1. The molecule has 0 bridgehead atoms. The molecule has 0 amide bonds. The number of aromatic nitrogens is 1. The van der Waals surface area contributed by atoms with Gasteiger partial charge >= 0.3 is 0 Å². The average Bonchev–Trinajstić information content (AvgIpc) is 3.18. The molecule has 31 heavy (non-hydrogen) atoms. The van der Waals surface area contributed by atoms with Crippen LogP contribution in [0.4, 0.5) is 0 Å². The Morgan fingerprint density at radius 3 is 1.87 bits per heavy atom. The largest absolute Gasteiger partial charge is 0.358 e. The summed E-state index contributed by atoms with van der Waals surface area (Å²) in [5, 5.41) is 1.48. The number of para-hydroxylation sites is 1. The quantitative estimate of drug-likeness (QED) is 0.243. The molecule has 1 atom stereocenters. The summed E-state index contributed by atoms with van der Waals surface area (Å²) in [7, 11) is 0. The maximum Gasteiger partial charge on any atom is 0.0459 e. The number of rotatable bonds is 17. The average molecular weight is 424 g/mol. The van der Waals surface area contributed by atoms with Crippen LogP contribution in [0.25, 0.3) is 10.9 Å². The second kappa shape index (κ2) is 14.8. The van der Waals surface area contributed by atoms with E-state index in [1.807, 2.05) is 0 Å². The molecule has 1 aromatic carbocycles. The van der Waals surface area contributed by atoms with Crippen molar-refractivity contribution in [3.05, 3.63) is 35.5 Å². The minimum absolute atomic E-state index is 0.780. The van der Waals surface area contributed by atoms with E-state index >= 15 is 0 Å². The molecule has 0 saturated carbocycles. The normalized spacial score (nSPS) is 16.1. The van der Waals surface area contributed by atoms with Crippen molar-refractivity contribution in [3.63, 3.8) is 0 Å². The number of hydrogen-bond donors (Lipinski definition) is 1. The molecule has 1 unspecified atom stereocenters. The van der Waals surface area contributed by atoms with E-state index in [9.17, 15) is 0 Å². The number of hydrogen-bond acceptors (Lipinski definition) is 0. The van der Waals surface area contributed by atoms with Gasteiger partial charge in [-0.25, -0.2) is 0 Å². The van der Waals surface area contributed by atoms with Gasteiger partial charge in [0.05, 0.1) is 0 Å². The first-order chi connectivity index (χ1) is 15.4. The highest BCUT2D eigenvalue weighted by Crippen LogP contribution is 2.38. The van der Waals surface area contributed by atoms with Crippen LogP contribution in [0, 0.1) is 0 Å². The fourth-order valence-corrected chi connectivity index (χ4v) is 5.74. The Labute approximate surface area is 192 Å². The van der Waals surface area contributed by atoms with Gasteiger partial charge in [0.25, 0.3) is 0 Å². The summed E-state index contributed by atoms with van der Waals surface area (Å²) in [6.07, 6.45) is 28.7. The van der Waals surface area contributed by atoms with E-state index in [1.54, 1.807) is 11.3 Å². The molecule has 1 N–H and O–H groups in total. The van der Waals surface area contributed by atoms with E-state index in [4.69, 9.17) is 0 Å². The Balaban J connectivity index is 1.16. The van der Waals surface area contributed by atoms with Crippen LogP contribution in [0.15, 0.2) is 24.3 Å². The van der Waals surface area contributed by atoms with Gasteiger partial charge in [0.1, 0.15) is 0 Å². The summed E-state index contributed by atoms with van der Waals surface area (Å²) in [6, 6.07) is 8.91. The molecule has 174 valence electrons. The zero-order valence-corrected chi connectivity index (χ0v) is 20.5. The van der Waals surface area contributed by atoms with Crippen molar-refractivity contribution < 1.29 is 0 Å². The summed E-state index contributed by atoms with van der Waals surface area (Å²) >= 11 is 0. The fourth-order valence-electron chi connectivity index (χ4n) is 5.74. The molecule has 1 aliphatic rings. The molecular weight excluding hydrogens is 374 g/mol. The smallest absolute Gasteiger partial charge is 0.0459 e. The topological polar surface area (TPSA) is 15.8 Å². The predicted molar refractivity (Wildman–Crippen MR) is 138 cm³/mol. The van der Waals surface area contributed by atoms with Crippen molar-refractivity contribution in [2.75, 3.05) is 0 Å². The van der Waals surface area contributed by atoms with E-state index in [1.165, 1.54) is 139 Å². The van der Waals surface area contributed by atoms with Gasteiger partial charge in [0, 0.05) is 16.6 Å². The standard InChI is InChI=1S/C30H49N/c1-2-3-4-5-6-7-8-9-10-11-12-13-14-15-16-17-21-26-22-20-24-28-27-23-18-19-25-29(27)31-30(26)28/h18-19,23,25-26,31H,2-17,20-22,24H2,1H3. The number of aromatic amines is 1. The van der Waals surface area contributed by atoms with Crippen molar-refractivity contribution in [1.82, 2.24) is 4.98 Å². The molecule has 1 heterocycles. The number of nitrogens with one attached hydrogen (secondary N) is 1. The Morgan fingerprint density at radius 1 is 0.710 bits per heavy atom. The van der Waals surface area contributed by atoms with Crippen LogP contribution in [0.1, 0.15) is 146 Å². The highest BCUT2D eigenvalue weighted by Gasteiger charge is 2.23. The first-order valence-corrected chi connectivity index (χ1v) is 14.0. The van der Waals surface area contributed by atoms with E-state index in [0.717, 1.165) is 5.92 Å². The number of fused-ring (bicyclic) bond motifs is 3. The summed E-state index contributed by atoms with van der Waals surface area (Å²) in [4.78, 5) is 3.77. The van der Waals surface area contributed by atoms with Crippen LogP contribution >= 0.6 is 0 Å². The van der Waals surface area contributed by atoms with Crippen LogP contribution in [0.5, 0.6) is 0 Å². The SMILES string of the molecule is CCCCCCCCCCCCCCCCCCC1CCCc2c1[nH]c1ccccc21. The molecular formula is C30H49N. The molecule has 0 spiro atoms. The molecule has 1 nitrogen and oxygen atoms in total. The molecule has 2 aromatic rings. The van der Waals surface area contributed by atoms with Crippen LogP contribution in [-0.4, -0.2) is 4.98 Å². The molecule has 0 aliphatic heterocycles. The third kappa shape index (κ3) is 8.32. The highest BCUT2D eigenvalue weighted by molar-refractivity contribution is 5.85. The van der Waals surface area contributed by atoms with Crippen molar-refractivity contribution in [1.29, 1.82) is 0 Å². The fraction of sp³-hybridized carbons (Fsp3) is 0.733. The van der Waals surface area contributed by atoms with Crippen molar-refractivity contribution >= 4 is 10.9 Å². The zero-order valence-electron chi connectivity index (χ0n) is 20.5. The molecule has 0 radical (unpaired) electrons. The summed E-state index contributed by atoms with van der Waals surface area (Å²) < 4.78 is 0. The Hall–Kier alpha value is -1.24. The summed E-state index contributed by atoms with van der Waals surface area (Å²) in [6.45, 7) is 2.30. The third-order valence-corrected chi connectivity index (χ3v) is 7.64. The second-order valence-electron chi connectivity index (χ2n) is 10.2. The van der Waals surface area contributed by atoms with Gasteiger partial charge in [0.15, 0.2) is 0 Å². The molecule has 0 fully saturated rings. The van der Waals surface area contributed by atoms with Crippen LogP contribution < -0.4 is 0 Å².